The van der Waals surface area contributed by atoms with Crippen LogP contribution in [0, 0.1) is 5.95 Å². The van der Waals surface area contributed by atoms with Gasteiger partial charge in [-0.15, -0.1) is 13.2 Å². The van der Waals surface area contributed by atoms with Crippen LogP contribution in [0.5, 0.6) is 5.75 Å². The second kappa shape index (κ2) is 5.39. The number of ether oxygens (including phenoxy) is 1. The van der Waals surface area contributed by atoms with Crippen LogP contribution < -0.4 is 4.74 Å². The van der Waals surface area contributed by atoms with Gasteiger partial charge < -0.3 is 9.84 Å². The van der Waals surface area contributed by atoms with Gasteiger partial charge in [-0.2, -0.15) is 4.39 Å². The zero-order valence-corrected chi connectivity index (χ0v) is 10.2. The number of pyridine rings is 1. The zero-order valence-electron chi connectivity index (χ0n) is 10.2. The van der Waals surface area contributed by atoms with Gasteiger partial charge in [-0.1, -0.05) is 12.1 Å². The van der Waals surface area contributed by atoms with E-state index in [1.54, 1.807) is 0 Å². The summed E-state index contributed by atoms with van der Waals surface area (Å²) in [6, 6.07) is 6.82. The van der Waals surface area contributed by atoms with Crippen LogP contribution in [0.4, 0.5) is 17.6 Å². The Balaban J connectivity index is 2.38. The van der Waals surface area contributed by atoms with Gasteiger partial charge in [-0.3, -0.25) is 0 Å². The molecule has 0 aliphatic rings. The van der Waals surface area contributed by atoms with Crippen LogP contribution >= 0.6 is 0 Å². The molecule has 1 heterocycles. The summed E-state index contributed by atoms with van der Waals surface area (Å²) >= 11 is 0. The van der Waals surface area contributed by atoms with Crippen molar-refractivity contribution in [1.29, 1.82) is 0 Å². The average Bonchev–Trinajstić information content (AvgIpc) is 2.36. The van der Waals surface area contributed by atoms with Crippen molar-refractivity contribution in [3.8, 4) is 16.9 Å². The van der Waals surface area contributed by atoms with Crippen LogP contribution in [-0.2, 0) is 0 Å². The molecule has 0 fully saturated rings. The molecule has 2 rings (SSSR count). The van der Waals surface area contributed by atoms with Gasteiger partial charge >= 0.3 is 12.3 Å². The van der Waals surface area contributed by atoms with Gasteiger partial charge in [0, 0.05) is 5.56 Å². The average molecular weight is 301 g/mol. The van der Waals surface area contributed by atoms with Crippen LogP contribution in [0.15, 0.2) is 36.4 Å². The van der Waals surface area contributed by atoms with E-state index in [4.69, 9.17) is 5.11 Å². The van der Waals surface area contributed by atoms with Gasteiger partial charge in [-0.05, 0) is 29.8 Å². The first-order valence-electron chi connectivity index (χ1n) is 5.52. The van der Waals surface area contributed by atoms with E-state index >= 15 is 0 Å². The van der Waals surface area contributed by atoms with Gasteiger partial charge in [0.1, 0.15) is 5.75 Å². The summed E-state index contributed by atoms with van der Waals surface area (Å²) in [6.07, 6.45) is -4.86. The van der Waals surface area contributed by atoms with Crippen molar-refractivity contribution >= 4 is 5.97 Å². The molecular weight excluding hydrogens is 294 g/mol. The molecule has 110 valence electrons. The summed E-state index contributed by atoms with van der Waals surface area (Å²) in [5.74, 6) is -3.02. The SMILES string of the molecule is O=C(O)c1ccc(-c2cccc(OC(F)(F)F)c2)c(F)n1. The van der Waals surface area contributed by atoms with E-state index in [1.165, 1.54) is 12.1 Å². The van der Waals surface area contributed by atoms with Crippen LogP contribution in [0.1, 0.15) is 10.5 Å². The molecule has 1 aromatic carbocycles. The Morgan fingerprint density at radius 3 is 2.48 bits per heavy atom. The fourth-order valence-electron chi connectivity index (χ4n) is 1.63. The maximum absolute atomic E-state index is 13.7. The second-order valence-corrected chi connectivity index (χ2v) is 3.92. The first-order chi connectivity index (χ1) is 9.76. The maximum atomic E-state index is 13.7. The molecule has 21 heavy (non-hydrogen) atoms. The number of hydrogen-bond acceptors (Lipinski definition) is 3. The lowest BCUT2D eigenvalue weighted by Crippen LogP contribution is -2.17. The van der Waals surface area contributed by atoms with E-state index in [0.29, 0.717) is 0 Å². The Kier molecular flexibility index (Phi) is 3.79. The second-order valence-electron chi connectivity index (χ2n) is 3.92. The molecule has 0 aliphatic heterocycles. The van der Waals surface area contributed by atoms with Gasteiger partial charge in [0.05, 0.1) is 0 Å². The topological polar surface area (TPSA) is 59.4 Å². The molecule has 0 saturated carbocycles. The zero-order chi connectivity index (χ0) is 15.6. The first kappa shape index (κ1) is 14.8. The predicted octanol–water partition coefficient (Wildman–Crippen LogP) is 3.48. The number of hydrogen-bond donors (Lipinski definition) is 1. The fraction of sp³-hybridized carbons (Fsp3) is 0.0769. The smallest absolute Gasteiger partial charge is 0.477 e. The summed E-state index contributed by atoms with van der Waals surface area (Å²) in [5.41, 5.74) is -0.551. The highest BCUT2D eigenvalue weighted by Crippen LogP contribution is 2.29. The Morgan fingerprint density at radius 2 is 1.90 bits per heavy atom. The lowest BCUT2D eigenvalue weighted by molar-refractivity contribution is -0.274. The van der Waals surface area contributed by atoms with E-state index in [-0.39, 0.29) is 11.1 Å². The molecule has 0 atom stereocenters. The molecule has 0 saturated heterocycles. The minimum Gasteiger partial charge on any atom is -0.477 e. The molecule has 8 heteroatoms. The molecule has 0 amide bonds. The largest absolute Gasteiger partial charge is 0.573 e. The van der Waals surface area contributed by atoms with Crippen molar-refractivity contribution < 1.29 is 32.2 Å². The Hall–Kier alpha value is -2.64. The number of carboxylic acids is 1. The number of halogens is 4. The number of alkyl halides is 3. The first-order valence-corrected chi connectivity index (χ1v) is 5.52. The third-order valence-corrected chi connectivity index (χ3v) is 2.45. The number of aromatic carboxylic acids is 1. The van der Waals surface area contributed by atoms with Crippen molar-refractivity contribution in [1.82, 2.24) is 4.98 Å². The molecular formula is C13H7F4NO3. The van der Waals surface area contributed by atoms with Gasteiger partial charge in [-0.25, -0.2) is 9.78 Å². The fourth-order valence-corrected chi connectivity index (χ4v) is 1.63. The molecule has 0 aliphatic carbocycles. The summed E-state index contributed by atoms with van der Waals surface area (Å²) in [5, 5.41) is 8.67. The third kappa shape index (κ3) is 3.68. The summed E-state index contributed by atoms with van der Waals surface area (Å²) < 4.78 is 53.8. The van der Waals surface area contributed by atoms with Crippen molar-refractivity contribution in [2.75, 3.05) is 0 Å². The third-order valence-electron chi connectivity index (χ3n) is 2.45. The molecule has 1 N–H and O–H groups in total. The molecule has 0 spiro atoms. The van der Waals surface area contributed by atoms with Gasteiger partial charge in [0.15, 0.2) is 5.69 Å². The van der Waals surface area contributed by atoms with E-state index in [9.17, 15) is 22.4 Å². The molecule has 0 bridgehead atoms. The molecule has 4 nitrogen and oxygen atoms in total. The van der Waals surface area contributed by atoms with E-state index in [2.05, 4.69) is 9.72 Å². The van der Waals surface area contributed by atoms with Crippen LogP contribution in [0.2, 0.25) is 0 Å². The Morgan fingerprint density at radius 1 is 1.19 bits per heavy atom. The van der Waals surface area contributed by atoms with Crippen molar-refractivity contribution in [2.45, 2.75) is 6.36 Å². The number of carboxylic acid groups (broad SMARTS) is 1. The standard InChI is InChI=1S/C13H7F4NO3/c14-11-9(4-5-10(18-11)12(19)20)7-2-1-3-8(6-7)21-13(15,16)17/h1-6H,(H,19,20). The molecule has 2 aromatic rings. The van der Waals surface area contributed by atoms with Crippen LogP contribution in [0.3, 0.4) is 0 Å². The number of carbonyl (C=O) groups is 1. The quantitative estimate of drug-likeness (QED) is 0.696. The number of rotatable bonds is 3. The predicted molar refractivity (Wildman–Crippen MR) is 63.3 cm³/mol. The van der Waals surface area contributed by atoms with Crippen LogP contribution in [-0.4, -0.2) is 22.4 Å². The highest BCUT2D eigenvalue weighted by Gasteiger charge is 2.31. The van der Waals surface area contributed by atoms with E-state index < -0.39 is 29.7 Å². The Bertz CT molecular complexity index is 685. The summed E-state index contributed by atoms with van der Waals surface area (Å²) in [4.78, 5) is 13.9. The van der Waals surface area contributed by atoms with Gasteiger partial charge in [0.25, 0.3) is 0 Å². The Labute approximate surface area is 115 Å². The number of benzene rings is 1. The van der Waals surface area contributed by atoms with Crippen molar-refractivity contribution in [3.63, 3.8) is 0 Å². The maximum Gasteiger partial charge on any atom is 0.573 e. The van der Waals surface area contributed by atoms with Crippen LogP contribution in [0.25, 0.3) is 11.1 Å². The molecule has 0 radical (unpaired) electrons. The summed E-state index contributed by atoms with van der Waals surface area (Å²) in [7, 11) is 0. The summed E-state index contributed by atoms with van der Waals surface area (Å²) in [6.45, 7) is 0. The highest BCUT2D eigenvalue weighted by atomic mass is 19.4. The van der Waals surface area contributed by atoms with Crippen molar-refractivity contribution in [2.24, 2.45) is 0 Å². The van der Waals surface area contributed by atoms with Gasteiger partial charge in [0.2, 0.25) is 5.95 Å². The molecule has 1 aromatic heterocycles. The normalized spacial score (nSPS) is 11.2. The lowest BCUT2D eigenvalue weighted by Gasteiger charge is -2.10. The highest BCUT2D eigenvalue weighted by molar-refractivity contribution is 5.85. The van der Waals surface area contributed by atoms with E-state index in [0.717, 1.165) is 24.3 Å². The minimum absolute atomic E-state index is 0.0821. The number of aromatic nitrogens is 1. The van der Waals surface area contributed by atoms with E-state index in [1.807, 2.05) is 0 Å². The minimum atomic E-state index is -4.86. The van der Waals surface area contributed by atoms with Crippen molar-refractivity contribution in [3.05, 3.63) is 48.0 Å². The molecule has 0 unspecified atom stereocenters. The monoisotopic (exact) mass is 301 g/mol. The lowest BCUT2D eigenvalue weighted by atomic mass is 10.1. The number of nitrogens with zero attached hydrogens (tertiary/aromatic N) is 1.